The molecule has 0 amide bonds. The highest BCUT2D eigenvalue weighted by Gasteiger charge is 2.07. The molecular weight excluding hydrogens is 192 g/mol. The summed E-state index contributed by atoms with van der Waals surface area (Å²) in [7, 11) is 1.37. The summed E-state index contributed by atoms with van der Waals surface area (Å²) in [4.78, 5) is 15.6. The molecule has 0 bridgehead atoms. The second-order valence-electron chi connectivity index (χ2n) is 3.26. The summed E-state index contributed by atoms with van der Waals surface area (Å²) < 4.78 is 6.54. The van der Waals surface area contributed by atoms with E-state index >= 15 is 0 Å². The Balaban J connectivity index is 2.50. The van der Waals surface area contributed by atoms with Crippen LogP contribution in [0.1, 0.15) is 23.0 Å². The number of pyridine rings is 1. The highest BCUT2D eigenvalue weighted by Crippen LogP contribution is 2.09. The monoisotopic (exact) mass is 204 g/mol. The van der Waals surface area contributed by atoms with Crippen LogP contribution in [0.15, 0.2) is 24.5 Å². The van der Waals surface area contributed by atoms with Gasteiger partial charge in [0.25, 0.3) is 0 Å². The van der Waals surface area contributed by atoms with Gasteiger partial charge in [0.1, 0.15) is 5.65 Å². The van der Waals surface area contributed by atoms with E-state index in [1.54, 1.807) is 12.1 Å². The van der Waals surface area contributed by atoms with Crippen molar-refractivity contribution in [1.29, 1.82) is 0 Å². The molecule has 0 unspecified atom stereocenters. The Kier molecular flexibility index (Phi) is 2.41. The van der Waals surface area contributed by atoms with Crippen molar-refractivity contribution in [2.24, 2.45) is 0 Å². The number of fused-ring (bicyclic) bond motifs is 1. The van der Waals surface area contributed by atoms with E-state index < -0.39 is 0 Å². The van der Waals surface area contributed by atoms with Crippen LogP contribution in [0, 0.1) is 0 Å². The first-order valence-electron chi connectivity index (χ1n) is 4.80. The van der Waals surface area contributed by atoms with E-state index in [1.807, 2.05) is 23.7 Å². The van der Waals surface area contributed by atoms with Gasteiger partial charge in [0.15, 0.2) is 0 Å². The molecule has 0 saturated heterocycles. The first-order valence-corrected chi connectivity index (χ1v) is 4.80. The van der Waals surface area contributed by atoms with Crippen molar-refractivity contribution in [3.8, 4) is 0 Å². The Bertz CT molecular complexity index is 502. The van der Waals surface area contributed by atoms with Crippen LogP contribution in [0.3, 0.4) is 0 Å². The zero-order valence-electron chi connectivity index (χ0n) is 8.73. The molecule has 0 N–H and O–H groups in total. The maximum absolute atomic E-state index is 11.3. The molecule has 4 nitrogen and oxygen atoms in total. The number of esters is 1. The van der Waals surface area contributed by atoms with Gasteiger partial charge in [0, 0.05) is 12.4 Å². The molecule has 2 heterocycles. The predicted molar refractivity (Wildman–Crippen MR) is 55.9 cm³/mol. The van der Waals surface area contributed by atoms with Crippen LogP contribution < -0.4 is 0 Å². The van der Waals surface area contributed by atoms with Crippen molar-refractivity contribution in [3.63, 3.8) is 0 Å². The summed E-state index contributed by atoms with van der Waals surface area (Å²) in [5.41, 5.74) is 2.31. The number of aryl methyl sites for hydroxylation is 1. The smallest absolute Gasteiger partial charge is 0.338 e. The largest absolute Gasteiger partial charge is 0.465 e. The molecule has 15 heavy (non-hydrogen) atoms. The van der Waals surface area contributed by atoms with Gasteiger partial charge in [-0.25, -0.2) is 9.78 Å². The molecule has 0 radical (unpaired) electrons. The van der Waals surface area contributed by atoms with E-state index in [2.05, 4.69) is 9.72 Å². The summed E-state index contributed by atoms with van der Waals surface area (Å²) in [6.07, 6.45) is 4.65. The molecule has 0 fully saturated rings. The molecule has 4 heteroatoms. The van der Waals surface area contributed by atoms with Crippen LogP contribution in [0.4, 0.5) is 0 Å². The lowest BCUT2D eigenvalue weighted by Gasteiger charge is -1.98. The summed E-state index contributed by atoms with van der Waals surface area (Å²) in [6.45, 7) is 2.04. The lowest BCUT2D eigenvalue weighted by atomic mass is 10.3. The highest BCUT2D eigenvalue weighted by atomic mass is 16.5. The zero-order chi connectivity index (χ0) is 10.8. The van der Waals surface area contributed by atoms with Gasteiger partial charge in [-0.3, -0.25) is 0 Å². The number of aromatic nitrogens is 2. The molecular formula is C11H12N2O2. The molecule has 0 atom stereocenters. The van der Waals surface area contributed by atoms with Crippen molar-refractivity contribution in [2.45, 2.75) is 13.3 Å². The van der Waals surface area contributed by atoms with E-state index in [4.69, 9.17) is 0 Å². The van der Waals surface area contributed by atoms with Gasteiger partial charge in [0.05, 0.1) is 18.4 Å². The lowest BCUT2D eigenvalue weighted by Crippen LogP contribution is -2.01. The standard InChI is InChI=1S/C11H12N2O2/c1-3-9-7-13-5-4-8(11(14)15-2)6-10(13)12-9/h4-7H,3H2,1-2H3. The fourth-order valence-electron chi connectivity index (χ4n) is 1.45. The molecule has 0 aliphatic carbocycles. The maximum Gasteiger partial charge on any atom is 0.338 e. The number of carbonyl (C=O) groups is 1. The average molecular weight is 204 g/mol. The average Bonchev–Trinajstić information content (AvgIpc) is 2.69. The Morgan fingerprint density at radius 3 is 3.07 bits per heavy atom. The van der Waals surface area contributed by atoms with Crippen molar-refractivity contribution < 1.29 is 9.53 Å². The first kappa shape index (κ1) is 9.71. The summed E-state index contributed by atoms with van der Waals surface area (Å²) >= 11 is 0. The number of carbonyl (C=O) groups excluding carboxylic acids is 1. The van der Waals surface area contributed by atoms with Gasteiger partial charge < -0.3 is 9.14 Å². The first-order chi connectivity index (χ1) is 7.24. The quantitative estimate of drug-likeness (QED) is 0.699. The van der Waals surface area contributed by atoms with Gasteiger partial charge >= 0.3 is 5.97 Å². The van der Waals surface area contributed by atoms with Crippen molar-refractivity contribution in [2.75, 3.05) is 7.11 Å². The van der Waals surface area contributed by atoms with Gasteiger partial charge in [-0.15, -0.1) is 0 Å². The second-order valence-corrected chi connectivity index (χ2v) is 3.26. The normalized spacial score (nSPS) is 10.5. The van der Waals surface area contributed by atoms with Crippen molar-refractivity contribution in [1.82, 2.24) is 9.38 Å². The molecule has 0 aliphatic rings. The zero-order valence-corrected chi connectivity index (χ0v) is 8.73. The summed E-state index contributed by atoms with van der Waals surface area (Å²) in [6, 6.07) is 3.45. The van der Waals surface area contributed by atoms with Crippen molar-refractivity contribution in [3.05, 3.63) is 35.8 Å². The third kappa shape index (κ3) is 1.70. The van der Waals surface area contributed by atoms with E-state index in [9.17, 15) is 4.79 Å². The van der Waals surface area contributed by atoms with Crippen LogP contribution in [0.2, 0.25) is 0 Å². The topological polar surface area (TPSA) is 43.6 Å². The van der Waals surface area contributed by atoms with Crippen LogP contribution in [0.25, 0.3) is 5.65 Å². The van der Waals surface area contributed by atoms with E-state index in [0.29, 0.717) is 5.56 Å². The van der Waals surface area contributed by atoms with Crippen LogP contribution in [-0.4, -0.2) is 22.5 Å². The fourth-order valence-corrected chi connectivity index (χ4v) is 1.45. The molecule has 0 aliphatic heterocycles. The SMILES string of the molecule is CCc1cn2ccc(C(=O)OC)cc2n1. The van der Waals surface area contributed by atoms with Gasteiger partial charge in [-0.2, -0.15) is 0 Å². The van der Waals surface area contributed by atoms with E-state index in [-0.39, 0.29) is 5.97 Å². The molecule has 2 aromatic heterocycles. The number of hydrogen-bond acceptors (Lipinski definition) is 3. The molecule has 78 valence electrons. The van der Waals surface area contributed by atoms with E-state index in [1.165, 1.54) is 7.11 Å². The van der Waals surface area contributed by atoms with Crippen LogP contribution >= 0.6 is 0 Å². The Morgan fingerprint density at radius 2 is 2.40 bits per heavy atom. The second kappa shape index (κ2) is 3.73. The van der Waals surface area contributed by atoms with E-state index in [0.717, 1.165) is 17.8 Å². The van der Waals surface area contributed by atoms with Crippen LogP contribution in [-0.2, 0) is 11.2 Å². The minimum absolute atomic E-state index is 0.335. The molecule has 0 spiro atoms. The number of nitrogens with zero attached hydrogens (tertiary/aromatic N) is 2. The predicted octanol–water partition coefficient (Wildman–Crippen LogP) is 1.68. The minimum Gasteiger partial charge on any atom is -0.465 e. The number of imidazole rings is 1. The summed E-state index contributed by atoms with van der Waals surface area (Å²) in [5, 5.41) is 0. The Labute approximate surface area is 87.5 Å². The Morgan fingerprint density at radius 1 is 1.60 bits per heavy atom. The molecule has 2 rings (SSSR count). The minimum atomic E-state index is -0.335. The Hall–Kier alpha value is -1.84. The van der Waals surface area contributed by atoms with Crippen LogP contribution in [0.5, 0.6) is 0 Å². The maximum atomic E-state index is 11.3. The number of ether oxygens (including phenoxy) is 1. The fraction of sp³-hybridized carbons (Fsp3) is 0.273. The third-order valence-electron chi connectivity index (χ3n) is 2.29. The molecule has 0 aromatic carbocycles. The molecule has 0 saturated carbocycles. The number of methoxy groups -OCH3 is 1. The van der Waals surface area contributed by atoms with Crippen molar-refractivity contribution >= 4 is 11.6 Å². The number of rotatable bonds is 2. The lowest BCUT2D eigenvalue weighted by molar-refractivity contribution is 0.0600. The summed E-state index contributed by atoms with van der Waals surface area (Å²) in [5.74, 6) is -0.335. The van der Waals surface area contributed by atoms with Gasteiger partial charge in [-0.1, -0.05) is 6.92 Å². The van der Waals surface area contributed by atoms with Gasteiger partial charge in [0.2, 0.25) is 0 Å². The highest BCUT2D eigenvalue weighted by molar-refractivity contribution is 5.90. The third-order valence-corrected chi connectivity index (χ3v) is 2.29. The molecule has 2 aromatic rings. The number of hydrogen-bond donors (Lipinski definition) is 0. The van der Waals surface area contributed by atoms with Gasteiger partial charge in [-0.05, 0) is 18.6 Å².